The Hall–Kier alpha value is -1.06. The predicted molar refractivity (Wildman–Crippen MR) is 75.8 cm³/mol. The summed E-state index contributed by atoms with van der Waals surface area (Å²) in [4.78, 5) is 0. The zero-order valence-electron chi connectivity index (χ0n) is 10.1. The van der Waals surface area contributed by atoms with E-state index >= 15 is 0 Å². The van der Waals surface area contributed by atoms with E-state index in [1.807, 2.05) is 7.05 Å². The fourth-order valence-electron chi connectivity index (χ4n) is 1.94. The van der Waals surface area contributed by atoms with E-state index in [1.165, 1.54) is 16.3 Å². The van der Waals surface area contributed by atoms with E-state index in [4.69, 9.17) is 4.74 Å². The van der Waals surface area contributed by atoms with Gasteiger partial charge < -0.3 is 10.1 Å². The summed E-state index contributed by atoms with van der Waals surface area (Å²) in [5, 5.41) is 5.61. The maximum atomic E-state index is 5.44. The number of benzene rings is 2. The zero-order chi connectivity index (χ0) is 12.3. The first-order valence-corrected chi connectivity index (χ1v) is 6.44. The van der Waals surface area contributed by atoms with Gasteiger partial charge in [-0.15, -0.1) is 0 Å². The highest BCUT2D eigenvalue weighted by molar-refractivity contribution is 9.10. The second-order valence-corrected chi connectivity index (χ2v) is 4.92. The highest BCUT2D eigenvalue weighted by Crippen LogP contribution is 2.28. The van der Waals surface area contributed by atoms with E-state index in [2.05, 4.69) is 51.6 Å². The number of methoxy groups -OCH3 is 1. The molecular formula is C14H16BrNO. The summed E-state index contributed by atoms with van der Waals surface area (Å²) in [5.41, 5.74) is 1.24. The van der Waals surface area contributed by atoms with Crippen molar-refractivity contribution in [2.75, 3.05) is 20.7 Å². The molecule has 2 rings (SSSR count). The van der Waals surface area contributed by atoms with Gasteiger partial charge in [0.25, 0.3) is 0 Å². The lowest BCUT2D eigenvalue weighted by Gasteiger charge is -2.10. The minimum Gasteiger partial charge on any atom is -0.496 e. The molecule has 0 bridgehead atoms. The van der Waals surface area contributed by atoms with E-state index in [0.717, 1.165) is 23.2 Å². The summed E-state index contributed by atoms with van der Waals surface area (Å²) in [6.07, 6.45) is 0.974. The van der Waals surface area contributed by atoms with E-state index < -0.39 is 0 Å². The summed E-state index contributed by atoms with van der Waals surface area (Å²) in [7, 11) is 3.69. The minimum absolute atomic E-state index is 0.954. The predicted octanol–water partition coefficient (Wildman–Crippen LogP) is 3.37. The average molecular weight is 294 g/mol. The van der Waals surface area contributed by atoms with Crippen molar-refractivity contribution in [3.63, 3.8) is 0 Å². The van der Waals surface area contributed by atoms with Crippen LogP contribution in [0, 0.1) is 0 Å². The first-order chi connectivity index (χ1) is 8.24. The standard InChI is InChI=1S/C14H16BrNO/c1-16-6-5-11-7-12-8-13(15)4-3-10(12)9-14(11)17-2/h3-4,7-9,16H,5-6H2,1-2H3. The molecule has 0 radical (unpaired) electrons. The number of hydrogen-bond donors (Lipinski definition) is 1. The van der Waals surface area contributed by atoms with Crippen LogP contribution in [0.1, 0.15) is 5.56 Å². The Kier molecular flexibility index (Phi) is 4.02. The average Bonchev–Trinajstić information content (AvgIpc) is 2.35. The van der Waals surface area contributed by atoms with E-state index in [0.29, 0.717) is 0 Å². The van der Waals surface area contributed by atoms with Crippen LogP contribution in [-0.4, -0.2) is 20.7 Å². The molecule has 2 nitrogen and oxygen atoms in total. The molecule has 0 spiro atoms. The van der Waals surface area contributed by atoms with Crippen LogP contribution in [0.25, 0.3) is 10.8 Å². The van der Waals surface area contributed by atoms with Gasteiger partial charge in [0.15, 0.2) is 0 Å². The number of halogens is 1. The molecule has 3 heteroatoms. The number of ether oxygens (including phenoxy) is 1. The lowest BCUT2D eigenvalue weighted by atomic mass is 10.0. The van der Waals surface area contributed by atoms with Gasteiger partial charge in [-0.1, -0.05) is 22.0 Å². The van der Waals surface area contributed by atoms with Crippen LogP contribution in [0.5, 0.6) is 5.75 Å². The fourth-order valence-corrected chi connectivity index (χ4v) is 2.32. The molecule has 2 aromatic carbocycles. The summed E-state index contributed by atoms with van der Waals surface area (Å²) < 4.78 is 6.55. The van der Waals surface area contributed by atoms with Gasteiger partial charge in [0.1, 0.15) is 5.75 Å². The first-order valence-electron chi connectivity index (χ1n) is 5.65. The highest BCUT2D eigenvalue weighted by Gasteiger charge is 2.05. The molecule has 0 saturated heterocycles. The van der Waals surface area contributed by atoms with Crippen molar-refractivity contribution < 1.29 is 4.74 Å². The van der Waals surface area contributed by atoms with Crippen LogP contribution >= 0.6 is 15.9 Å². The Bertz CT molecular complexity index is 525. The van der Waals surface area contributed by atoms with Gasteiger partial charge in [0.05, 0.1) is 7.11 Å². The molecule has 0 aliphatic carbocycles. The SMILES string of the molecule is CNCCc1cc2cc(Br)ccc2cc1OC. The molecule has 0 unspecified atom stereocenters. The van der Waals surface area contributed by atoms with Crippen molar-refractivity contribution in [2.24, 2.45) is 0 Å². The molecule has 0 aromatic heterocycles. The van der Waals surface area contributed by atoms with Crippen molar-refractivity contribution in [2.45, 2.75) is 6.42 Å². The van der Waals surface area contributed by atoms with Crippen LogP contribution in [-0.2, 0) is 6.42 Å². The third-order valence-corrected chi connectivity index (χ3v) is 3.34. The van der Waals surface area contributed by atoms with Crippen LogP contribution < -0.4 is 10.1 Å². The molecule has 0 fully saturated rings. The fraction of sp³-hybridized carbons (Fsp3) is 0.286. The Morgan fingerprint density at radius 1 is 1.18 bits per heavy atom. The lowest BCUT2D eigenvalue weighted by molar-refractivity contribution is 0.410. The van der Waals surface area contributed by atoms with Gasteiger partial charge >= 0.3 is 0 Å². The molecule has 0 aliphatic rings. The van der Waals surface area contributed by atoms with E-state index in [-0.39, 0.29) is 0 Å². The summed E-state index contributed by atoms with van der Waals surface area (Å²) in [6, 6.07) is 10.6. The van der Waals surface area contributed by atoms with Crippen molar-refractivity contribution in [1.82, 2.24) is 5.32 Å². The van der Waals surface area contributed by atoms with Gasteiger partial charge in [-0.25, -0.2) is 0 Å². The van der Waals surface area contributed by atoms with Crippen LogP contribution in [0.2, 0.25) is 0 Å². The van der Waals surface area contributed by atoms with Gasteiger partial charge in [0, 0.05) is 4.47 Å². The number of likely N-dealkylation sites (N-methyl/N-ethyl adjacent to an activating group) is 1. The molecule has 17 heavy (non-hydrogen) atoms. The summed E-state index contributed by atoms with van der Waals surface area (Å²) in [6.45, 7) is 0.954. The second-order valence-electron chi connectivity index (χ2n) is 4.01. The Balaban J connectivity index is 2.49. The molecule has 0 heterocycles. The highest BCUT2D eigenvalue weighted by atomic mass is 79.9. The quantitative estimate of drug-likeness (QED) is 0.933. The number of nitrogens with one attached hydrogen (secondary N) is 1. The van der Waals surface area contributed by atoms with Crippen LogP contribution in [0.3, 0.4) is 0 Å². The molecule has 0 aliphatic heterocycles. The molecule has 90 valence electrons. The zero-order valence-corrected chi connectivity index (χ0v) is 11.7. The lowest BCUT2D eigenvalue weighted by Crippen LogP contribution is -2.10. The smallest absolute Gasteiger partial charge is 0.122 e. The molecule has 2 aromatic rings. The van der Waals surface area contributed by atoms with Crippen molar-refractivity contribution in [3.8, 4) is 5.75 Å². The number of rotatable bonds is 4. The van der Waals surface area contributed by atoms with Gasteiger partial charge in [-0.2, -0.15) is 0 Å². The molecule has 0 atom stereocenters. The first kappa shape index (κ1) is 12.4. The van der Waals surface area contributed by atoms with Gasteiger partial charge in [-0.05, 0) is 60.6 Å². The third-order valence-electron chi connectivity index (χ3n) is 2.85. The molecule has 0 amide bonds. The Morgan fingerprint density at radius 3 is 2.71 bits per heavy atom. The van der Waals surface area contributed by atoms with E-state index in [9.17, 15) is 0 Å². The normalized spacial score (nSPS) is 10.8. The topological polar surface area (TPSA) is 21.3 Å². The van der Waals surface area contributed by atoms with Crippen LogP contribution in [0.4, 0.5) is 0 Å². The largest absolute Gasteiger partial charge is 0.496 e. The van der Waals surface area contributed by atoms with Crippen molar-refractivity contribution in [3.05, 3.63) is 40.4 Å². The third kappa shape index (κ3) is 2.79. The van der Waals surface area contributed by atoms with Crippen LogP contribution in [0.15, 0.2) is 34.8 Å². The summed E-state index contributed by atoms with van der Waals surface area (Å²) >= 11 is 3.50. The maximum absolute atomic E-state index is 5.44. The van der Waals surface area contributed by atoms with E-state index in [1.54, 1.807) is 7.11 Å². The van der Waals surface area contributed by atoms with Gasteiger partial charge in [0.2, 0.25) is 0 Å². The number of hydrogen-bond acceptors (Lipinski definition) is 2. The second kappa shape index (κ2) is 5.52. The Morgan fingerprint density at radius 2 is 2.00 bits per heavy atom. The molecule has 0 saturated carbocycles. The molecular weight excluding hydrogens is 278 g/mol. The Labute approximate surface area is 110 Å². The van der Waals surface area contributed by atoms with Gasteiger partial charge in [-0.3, -0.25) is 0 Å². The summed E-state index contributed by atoms with van der Waals surface area (Å²) in [5.74, 6) is 0.968. The minimum atomic E-state index is 0.954. The number of fused-ring (bicyclic) bond motifs is 1. The van der Waals surface area contributed by atoms with Crippen molar-refractivity contribution in [1.29, 1.82) is 0 Å². The maximum Gasteiger partial charge on any atom is 0.122 e. The molecule has 1 N–H and O–H groups in total. The van der Waals surface area contributed by atoms with Crippen molar-refractivity contribution >= 4 is 26.7 Å². The monoisotopic (exact) mass is 293 g/mol.